The number of ether oxygens (including phenoxy) is 1. The second-order valence-electron chi connectivity index (χ2n) is 9.66. The van der Waals surface area contributed by atoms with E-state index in [1.807, 2.05) is 6.07 Å². The van der Waals surface area contributed by atoms with E-state index in [1.54, 1.807) is 6.92 Å². The summed E-state index contributed by atoms with van der Waals surface area (Å²) in [6.07, 6.45) is -10.8. The molecule has 0 aliphatic heterocycles. The third-order valence-corrected chi connectivity index (χ3v) is 6.77. The molecule has 0 radical (unpaired) electrons. The van der Waals surface area contributed by atoms with Crippen LogP contribution in [0.15, 0.2) is 30.6 Å². The van der Waals surface area contributed by atoms with Gasteiger partial charge >= 0.3 is 24.6 Å². The second kappa shape index (κ2) is 10.3. The second-order valence-corrected chi connectivity index (χ2v) is 9.66. The molecule has 2 aromatic heterocycles. The van der Waals surface area contributed by atoms with Gasteiger partial charge in [-0.1, -0.05) is 12.1 Å². The Morgan fingerprint density at radius 2 is 1.70 bits per heavy atom. The lowest BCUT2D eigenvalue weighted by Gasteiger charge is -2.28. The van der Waals surface area contributed by atoms with Gasteiger partial charge in [0, 0.05) is 31.3 Å². The zero-order chi connectivity index (χ0) is 32.3. The highest BCUT2D eigenvalue weighted by molar-refractivity contribution is 6.07. The van der Waals surface area contributed by atoms with Crippen LogP contribution >= 0.6 is 0 Å². The molecule has 0 N–H and O–H groups in total. The molecule has 4 rings (SSSR count). The van der Waals surface area contributed by atoms with Crippen molar-refractivity contribution in [3.05, 3.63) is 47.4 Å². The zero-order valence-electron chi connectivity index (χ0n) is 22.2. The van der Waals surface area contributed by atoms with Crippen molar-refractivity contribution >= 4 is 11.8 Å². The van der Waals surface area contributed by atoms with E-state index >= 15 is 0 Å². The lowest BCUT2D eigenvalue weighted by Crippen LogP contribution is -2.51. The number of amides is 2. The molecule has 2 amide bonds. The van der Waals surface area contributed by atoms with Crippen LogP contribution in [0.3, 0.4) is 0 Å². The summed E-state index contributed by atoms with van der Waals surface area (Å²) in [5, 5.41) is 16.2. The van der Waals surface area contributed by atoms with Crippen molar-refractivity contribution in [3.63, 3.8) is 0 Å². The van der Waals surface area contributed by atoms with Crippen molar-refractivity contribution in [2.45, 2.75) is 56.9 Å². The molecule has 43 heavy (non-hydrogen) atoms. The molecule has 0 spiro atoms. The minimum atomic E-state index is -6.67. The summed E-state index contributed by atoms with van der Waals surface area (Å²) in [6.45, 7) is -1.33. The Labute approximate surface area is 236 Å². The van der Waals surface area contributed by atoms with E-state index in [0.29, 0.717) is 10.2 Å². The number of aryl methyl sites for hydroxylation is 2. The lowest BCUT2D eigenvalue weighted by molar-refractivity contribution is -0.350. The fraction of sp³-hybridized carbons (Fsp3) is 0.400. The number of rotatable bonds is 7. The number of nitrogens with zero attached hydrogens (tertiary/aromatic N) is 6. The maximum absolute atomic E-state index is 14.9. The molecule has 9 nitrogen and oxygen atoms in total. The fourth-order valence-electron chi connectivity index (χ4n) is 4.48. The molecule has 0 atom stereocenters. The summed E-state index contributed by atoms with van der Waals surface area (Å²) >= 11 is 0. The first-order valence-corrected chi connectivity index (χ1v) is 12.1. The highest BCUT2D eigenvalue weighted by atomic mass is 19.4. The third-order valence-electron chi connectivity index (χ3n) is 6.77. The summed E-state index contributed by atoms with van der Waals surface area (Å²) in [5.74, 6) is -4.34. The van der Waals surface area contributed by atoms with Crippen molar-refractivity contribution in [1.82, 2.24) is 24.5 Å². The molecule has 3 aromatic rings. The molecule has 0 saturated heterocycles. The minimum Gasteiger partial charge on any atom is -0.429 e. The van der Waals surface area contributed by atoms with Crippen LogP contribution in [0, 0.1) is 18.3 Å². The van der Waals surface area contributed by atoms with E-state index in [9.17, 15) is 54.4 Å². The maximum atomic E-state index is 14.9. The van der Waals surface area contributed by atoms with Gasteiger partial charge in [0.2, 0.25) is 5.91 Å². The van der Waals surface area contributed by atoms with Gasteiger partial charge in [-0.15, -0.1) is 0 Å². The average Bonchev–Trinajstić information content (AvgIpc) is 3.38. The van der Waals surface area contributed by atoms with E-state index < -0.39 is 59.2 Å². The molecule has 1 aromatic carbocycles. The van der Waals surface area contributed by atoms with Crippen LogP contribution in [-0.4, -0.2) is 60.8 Å². The lowest BCUT2D eigenvalue weighted by atomic mass is 9.99. The highest BCUT2D eigenvalue weighted by Crippen LogP contribution is 2.56. The molecule has 1 fully saturated rings. The Balaban J connectivity index is 1.82. The fourth-order valence-corrected chi connectivity index (χ4v) is 4.48. The highest BCUT2D eigenvalue weighted by Gasteiger charge is 2.76. The molecular formula is C25H19F9N6O3. The maximum Gasteiger partial charge on any atom is 0.437 e. The Hall–Kier alpha value is -4.56. The molecule has 1 aliphatic carbocycles. The molecule has 18 heteroatoms. The quantitative estimate of drug-likeness (QED) is 0.322. The van der Waals surface area contributed by atoms with Crippen LogP contribution < -0.4 is 4.74 Å². The summed E-state index contributed by atoms with van der Waals surface area (Å²) in [4.78, 5) is 26.4. The monoisotopic (exact) mass is 622 g/mol. The van der Waals surface area contributed by atoms with Gasteiger partial charge in [-0.2, -0.15) is 50.6 Å². The van der Waals surface area contributed by atoms with Crippen LogP contribution in [0.25, 0.3) is 16.9 Å². The van der Waals surface area contributed by atoms with Gasteiger partial charge in [0.25, 0.3) is 5.91 Å². The number of hydrogen-bond acceptors (Lipinski definition) is 6. The van der Waals surface area contributed by atoms with Gasteiger partial charge in [-0.3, -0.25) is 14.5 Å². The van der Waals surface area contributed by atoms with Gasteiger partial charge in [-0.25, -0.2) is 13.8 Å². The van der Waals surface area contributed by atoms with Gasteiger partial charge in [-0.05, 0) is 37.0 Å². The van der Waals surface area contributed by atoms with Crippen LogP contribution in [0.2, 0.25) is 0 Å². The first kappa shape index (κ1) is 31.4. The van der Waals surface area contributed by atoms with Crippen molar-refractivity contribution in [1.29, 1.82) is 5.26 Å². The summed E-state index contributed by atoms with van der Waals surface area (Å²) in [7, 11) is 0.758. The molecule has 1 aliphatic rings. The van der Waals surface area contributed by atoms with Crippen LogP contribution in [0.4, 0.5) is 39.5 Å². The first-order valence-electron chi connectivity index (χ1n) is 12.1. The molecule has 2 heterocycles. The number of nitriles is 1. The Kier molecular flexibility index (Phi) is 7.52. The molecule has 0 bridgehead atoms. The van der Waals surface area contributed by atoms with E-state index in [4.69, 9.17) is 0 Å². The SMILES string of the molecule is CC(=O)N(C(=O)c1cc(-c2cnn(-c3c(OC(F)F)c(C(F)(C(F)(F)F)C(F)(F)F)nn3C)c2)ccc1C)C1(C#N)CC1. The molecule has 0 unspecified atom stereocenters. The summed E-state index contributed by atoms with van der Waals surface area (Å²) < 4.78 is 127. The smallest absolute Gasteiger partial charge is 0.429 e. The Bertz CT molecular complexity index is 1620. The van der Waals surface area contributed by atoms with E-state index in [1.165, 1.54) is 18.2 Å². The van der Waals surface area contributed by atoms with Crippen LogP contribution in [-0.2, 0) is 17.5 Å². The van der Waals surface area contributed by atoms with E-state index in [2.05, 4.69) is 14.9 Å². The van der Waals surface area contributed by atoms with Gasteiger partial charge in [0.15, 0.2) is 17.3 Å². The molecular weight excluding hydrogens is 603 g/mol. The normalized spacial score (nSPS) is 14.9. The number of halogens is 9. The number of alkyl halides is 9. The van der Waals surface area contributed by atoms with Crippen molar-refractivity contribution in [2.75, 3.05) is 0 Å². The predicted octanol–water partition coefficient (Wildman–Crippen LogP) is 5.52. The standard InChI is InChI=1S/C25H19F9N6O3/c1-12-4-5-14(8-16(12)20(42)40(13(2)41)22(11-35)6-7-22)15-9-36-39(10-15)19-17(43-21(26)27)18(37-38(19)3)23(28,24(29,30)31)25(32,33)34/h4-5,8-10,21H,6-7H2,1-3H3. The molecule has 230 valence electrons. The number of carbonyl (C=O) groups is 2. The van der Waals surface area contributed by atoms with Gasteiger partial charge in [0.05, 0.1) is 12.3 Å². The van der Waals surface area contributed by atoms with Crippen molar-refractivity contribution in [2.24, 2.45) is 7.05 Å². The van der Waals surface area contributed by atoms with Crippen molar-refractivity contribution in [3.8, 4) is 28.8 Å². The van der Waals surface area contributed by atoms with Gasteiger partial charge in [0.1, 0.15) is 5.54 Å². The summed E-state index contributed by atoms with van der Waals surface area (Å²) in [5.41, 5.74) is -9.36. The number of aromatic nitrogens is 4. The predicted molar refractivity (Wildman–Crippen MR) is 126 cm³/mol. The number of carbonyl (C=O) groups excluding carboxylic acids is 2. The third kappa shape index (κ3) is 5.16. The average molecular weight is 622 g/mol. The van der Waals surface area contributed by atoms with E-state index in [-0.39, 0.29) is 34.2 Å². The zero-order valence-corrected chi connectivity index (χ0v) is 22.2. The largest absolute Gasteiger partial charge is 0.437 e. The van der Waals surface area contributed by atoms with E-state index in [0.717, 1.165) is 31.3 Å². The number of imide groups is 1. The number of benzene rings is 1. The van der Waals surface area contributed by atoms with Crippen molar-refractivity contribution < 1.29 is 53.8 Å². The number of hydrogen-bond donors (Lipinski definition) is 0. The molecule has 1 saturated carbocycles. The van der Waals surface area contributed by atoms with Crippen LogP contribution in [0.5, 0.6) is 5.75 Å². The Morgan fingerprint density at radius 1 is 1.09 bits per heavy atom. The van der Waals surface area contributed by atoms with Crippen LogP contribution in [0.1, 0.15) is 41.4 Å². The topological polar surface area (TPSA) is 106 Å². The Morgan fingerprint density at radius 3 is 2.19 bits per heavy atom. The van der Waals surface area contributed by atoms with Gasteiger partial charge < -0.3 is 4.74 Å². The minimum absolute atomic E-state index is 0.0101. The summed E-state index contributed by atoms with van der Waals surface area (Å²) in [6, 6.07) is 6.17. The first-order chi connectivity index (χ1) is 19.8.